The molecule has 0 bridgehead atoms. The number of rotatable bonds is 4. The number of carbonyl (C=O) groups excluding carboxylic acids is 1. The lowest BCUT2D eigenvalue weighted by atomic mass is 10.0. The maximum Gasteiger partial charge on any atom is 0.274 e. The fourth-order valence-corrected chi connectivity index (χ4v) is 3.62. The molecule has 1 fully saturated rings. The molecule has 7 heteroatoms. The number of anilines is 2. The molecule has 1 aromatic carbocycles. The summed E-state index contributed by atoms with van der Waals surface area (Å²) in [5.74, 6) is 0.296. The van der Waals surface area contributed by atoms with Crippen molar-refractivity contribution in [3.63, 3.8) is 0 Å². The molecule has 1 aromatic heterocycles. The maximum absolute atomic E-state index is 12.7. The maximum atomic E-state index is 12.7. The Morgan fingerprint density at radius 3 is 2.88 bits per heavy atom. The highest BCUT2D eigenvalue weighted by Gasteiger charge is 2.24. The third kappa shape index (κ3) is 4.10. The molecule has 138 valence electrons. The van der Waals surface area contributed by atoms with E-state index < -0.39 is 0 Å². The monoisotopic (exact) mass is 392 g/mol. The molecule has 2 heterocycles. The van der Waals surface area contributed by atoms with Crippen molar-refractivity contribution in [3.05, 3.63) is 45.7 Å². The average molecular weight is 393 g/mol. The fraction of sp³-hybridized carbons (Fsp3) is 0.421. The summed E-state index contributed by atoms with van der Waals surface area (Å²) in [4.78, 5) is 24.0. The molecule has 1 saturated heterocycles. The summed E-state index contributed by atoms with van der Waals surface area (Å²) in [6.07, 6.45) is 4.51. The zero-order chi connectivity index (χ0) is 18.7. The number of benzene rings is 1. The van der Waals surface area contributed by atoms with Crippen molar-refractivity contribution < 1.29 is 4.79 Å². The highest BCUT2D eigenvalue weighted by Crippen LogP contribution is 2.30. The molecule has 1 aliphatic rings. The lowest BCUT2D eigenvalue weighted by Gasteiger charge is -2.35. The molecule has 0 aliphatic carbocycles. The van der Waals surface area contributed by atoms with Gasteiger partial charge in [0.05, 0.1) is 15.7 Å². The van der Waals surface area contributed by atoms with Crippen LogP contribution in [0.25, 0.3) is 0 Å². The Labute approximate surface area is 163 Å². The second-order valence-electron chi connectivity index (χ2n) is 6.50. The molecule has 1 aliphatic heterocycles. The van der Waals surface area contributed by atoms with E-state index in [9.17, 15) is 4.79 Å². The number of hydrogen-bond acceptors (Lipinski definition) is 4. The van der Waals surface area contributed by atoms with Crippen LogP contribution in [0.5, 0.6) is 0 Å². The number of nitrogens with zero attached hydrogens (tertiary/aromatic N) is 3. The van der Waals surface area contributed by atoms with Gasteiger partial charge < -0.3 is 10.2 Å². The number of halogens is 2. The van der Waals surface area contributed by atoms with Crippen molar-refractivity contribution >= 4 is 40.7 Å². The number of aryl methyl sites for hydroxylation is 1. The minimum atomic E-state index is -0.328. The first-order valence-corrected chi connectivity index (χ1v) is 9.63. The Balaban J connectivity index is 1.87. The molecule has 1 unspecified atom stereocenters. The van der Waals surface area contributed by atoms with Gasteiger partial charge in [0.25, 0.3) is 5.91 Å². The van der Waals surface area contributed by atoms with E-state index in [0.717, 1.165) is 31.5 Å². The van der Waals surface area contributed by atoms with Gasteiger partial charge in [-0.3, -0.25) is 4.79 Å². The van der Waals surface area contributed by atoms with Crippen molar-refractivity contribution in [3.8, 4) is 0 Å². The molecule has 1 amide bonds. The van der Waals surface area contributed by atoms with E-state index in [1.807, 2.05) is 6.92 Å². The van der Waals surface area contributed by atoms with Gasteiger partial charge in [0.1, 0.15) is 5.69 Å². The average Bonchev–Trinajstić information content (AvgIpc) is 2.64. The van der Waals surface area contributed by atoms with Crippen LogP contribution in [-0.2, 0) is 0 Å². The van der Waals surface area contributed by atoms with Crippen LogP contribution in [0.2, 0.25) is 10.0 Å². The lowest BCUT2D eigenvalue weighted by Crippen LogP contribution is -2.40. The predicted octanol–water partition coefficient (Wildman–Crippen LogP) is 5.11. The van der Waals surface area contributed by atoms with Gasteiger partial charge in [-0.15, -0.1) is 0 Å². The first-order valence-electron chi connectivity index (χ1n) is 8.87. The SMILES string of the molecule is CCC1CCCCN1c1nc(C)cc(C(=O)Nc2cccc(Cl)c2Cl)n1. The minimum Gasteiger partial charge on any atom is -0.338 e. The van der Waals surface area contributed by atoms with Crippen LogP contribution in [0, 0.1) is 6.92 Å². The van der Waals surface area contributed by atoms with Gasteiger partial charge in [-0.25, -0.2) is 9.97 Å². The van der Waals surface area contributed by atoms with E-state index in [2.05, 4.69) is 27.1 Å². The number of hydrogen-bond donors (Lipinski definition) is 1. The number of aromatic nitrogens is 2. The van der Waals surface area contributed by atoms with Crippen molar-refractivity contribution in [1.29, 1.82) is 0 Å². The second-order valence-corrected chi connectivity index (χ2v) is 7.29. The van der Waals surface area contributed by atoms with Crippen molar-refractivity contribution in [2.75, 3.05) is 16.8 Å². The number of nitrogens with one attached hydrogen (secondary N) is 1. The van der Waals surface area contributed by atoms with Gasteiger partial charge in [-0.1, -0.05) is 36.2 Å². The topological polar surface area (TPSA) is 58.1 Å². The van der Waals surface area contributed by atoms with E-state index in [0.29, 0.717) is 33.4 Å². The van der Waals surface area contributed by atoms with Gasteiger partial charge in [0, 0.05) is 18.3 Å². The van der Waals surface area contributed by atoms with Crippen molar-refractivity contribution in [1.82, 2.24) is 9.97 Å². The molecular formula is C19H22Cl2N4O. The third-order valence-electron chi connectivity index (χ3n) is 4.63. The standard InChI is InChI=1S/C19H22Cl2N4O/c1-3-13-7-4-5-10-25(13)19-22-12(2)11-16(24-19)18(26)23-15-9-6-8-14(20)17(15)21/h6,8-9,11,13H,3-5,7,10H2,1-2H3,(H,23,26). The molecule has 1 N–H and O–H groups in total. The lowest BCUT2D eigenvalue weighted by molar-refractivity contribution is 0.102. The van der Waals surface area contributed by atoms with Crippen LogP contribution in [-0.4, -0.2) is 28.5 Å². The van der Waals surface area contributed by atoms with Crippen LogP contribution < -0.4 is 10.2 Å². The minimum absolute atomic E-state index is 0.315. The zero-order valence-electron chi connectivity index (χ0n) is 14.9. The Morgan fingerprint density at radius 2 is 2.12 bits per heavy atom. The Morgan fingerprint density at radius 1 is 1.31 bits per heavy atom. The molecule has 1 atom stereocenters. The van der Waals surface area contributed by atoms with Crippen LogP contribution in [0.4, 0.5) is 11.6 Å². The first-order chi connectivity index (χ1) is 12.5. The number of amides is 1. The summed E-state index contributed by atoms with van der Waals surface area (Å²) >= 11 is 12.2. The molecule has 26 heavy (non-hydrogen) atoms. The second kappa shape index (κ2) is 8.23. The van der Waals surface area contributed by atoms with Gasteiger partial charge in [0.2, 0.25) is 5.95 Å². The van der Waals surface area contributed by atoms with Gasteiger partial charge >= 0.3 is 0 Å². The Hall–Kier alpha value is -1.85. The van der Waals surface area contributed by atoms with Crippen LogP contribution in [0.15, 0.2) is 24.3 Å². The van der Waals surface area contributed by atoms with Crippen molar-refractivity contribution in [2.24, 2.45) is 0 Å². The Bertz CT molecular complexity index is 812. The van der Waals surface area contributed by atoms with Crippen molar-refractivity contribution in [2.45, 2.75) is 45.6 Å². The van der Waals surface area contributed by atoms with Crippen LogP contribution in [0.1, 0.15) is 48.8 Å². The van der Waals surface area contributed by atoms with E-state index in [1.165, 1.54) is 6.42 Å². The first kappa shape index (κ1) is 18.9. The highest BCUT2D eigenvalue weighted by atomic mass is 35.5. The van der Waals surface area contributed by atoms with Crippen LogP contribution >= 0.6 is 23.2 Å². The summed E-state index contributed by atoms with van der Waals surface area (Å²) < 4.78 is 0. The van der Waals surface area contributed by atoms with Gasteiger partial charge in [0.15, 0.2) is 0 Å². The predicted molar refractivity (Wildman–Crippen MR) is 106 cm³/mol. The molecule has 0 radical (unpaired) electrons. The number of piperidine rings is 1. The largest absolute Gasteiger partial charge is 0.338 e. The van der Waals surface area contributed by atoms with Gasteiger partial charge in [-0.05, 0) is 50.8 Å². The van der Waals surface area contributed by atoms with E-state index in [4.69, 9.17) is 23.2 Å². The summed E-state index contributed by atoms with van der Waals surface area (Å²) in [7, 11) is 0. The fourth-order valence-electron chi connectivity index (χ4n) is 3.27. The molecule has 0 spiro atoms. The summed E-state index contributed by atoms with van der Waals surface area (Å²) in [6, 6.07) is 7.22. The third-order valence-corrected chi connectivity index (χ3v) is 5.45. The zero-order valence-corrected chi connectivity index (χ0v) is 16.4. The molecule has 2 aromatic rings. The normalized spacial score (nSPS) is 17.2. The van der Waals surface area contributed by atoms with Gasteiger partial charge in [-0.2, -0.15) is 0 Å². The molecule has 5 nitrogen and oxygen atoms in total. The Kier molecular flexibility index (Phi) is 5.99. The van der Waals surface area contributed by atoms with E-state index in [1.54, 1.807) is 24.3 Å². The molecule has 0 saturated carbocycles. The number of carbonyl (C=O) groups is 1. The summed E-state index contributed by atoms with van der Waals surface area (Å²) in [6.45, 7) is 4.97. The quantitative estimate of drug-likeness (QED) is 0.784. The smallest absolute Gasteiger partial charge is 0.274 e. The van der Waals surface area contributed by atoms with E-state index >= 15 is 0 Å². The summed E-state index contributed by atoms with van der Waals surface area (Å²) in [5, 5.41) is 3.49. The molecular weight excluding hydrogens is 371 g/mol. The van der Waals surface area contributed by atoms with Crippen LogP contribution in [0.3, 0.4) is 0 Å². The molecule has 3 rings (SSSR count). The van der Waals surface area contributed by atoms with E-state index in [-0.39, 0.29) is 5.91 Å². The highest BCUT2D eigenvalue weighted by molar-refractivity contribution is 6.44. The summed E-state index contributed by atoms with van der Waals surface area (Å²) in [5.41, 5.74) is 1.55.